The highest BCUT2D eigenvalue weighted by Gasteiger charge is 2.44. The number of nitrogens with zero attached hydrogens (tertiary/aromatic N) is 6. The molecule has 16 heteroatoms. The van der Waals surface area contributed by atoms with Gasteiger partial charge in [-0.3, -0.25) is 9.78 Å². The predicted molar refractivity (Wildman–Crippen MR) is 172 cm³/mol. The van der Waals surface area contributed by atoms with Crippen molar-refractivity contribution >= 4 is 40.6 Å². The molecule has 16 nitrogen and oxygen atoms in total. The van der Waals surface area contributed by atoms with Crippen molar-refractivity contribution in [3.05, 3.63) is 66.7 Å². The molecule has 3 aromatic heterocycles. The number of benzene rings is 1. The molecule has 0 spiro atoms. The number of aliphatic hydroxyl groups is 4. The quantitative estimate of drug-likeness (QED) is 0.106. The average Bonchev–Trinajstić information content (AvgIpc) is 3.80. The van der Waals surface area contributed by atoms with Gasteiger partial charge in [0.2, 0.25) is 11.9 Å². The number of carbonyl (C=O) groups excluding carboxylic acids is 2. The Kier molecular flexibility index (Phi) is 9.72. The Morgan fingerprint density at radius 3 is 2.60 bits per heavy atom. The molecule has 6 rings (SSSR count). The number of anilines is 3. The van der Waals surface area contributed by atoms with Crippen molar-refractivity contribution in [1.82, 2.24) is 35.1 Å². The van der Waals surface area contributed by atoms with Crippen molar-refractivity contribution < 1.29 is 30.0 Å². The summed E-state index contributed by atoms with van der Waals surface area (Å²) in [5.74, 6) is 0.0733. The molecule has 0 unspecified atom stereocenters. The lowest BCUT2D eigenvalue weighted by Crippen LogP contribution is -2.44. The number of carbonyl (C=O) groups is 2. The smallest absolute Gasteiger partial charge is 0.319 e. The molecule has 1 saturated heterocycles. The number of aromatic nitrogens is 5. The predicted octanol–water partition coefficient (Wildman–Crippen LogP) is -0.219. The third kappa shape index (κ3) is 7.25. The maximum atomic E-state index is 12.6. The Hall–Kier alpha value is -4.90. The molecular formula is C31H38N10O6. The zero-order valence-corrected chi connectivity index (χ0v) is 25.5. The molecule has 248 valence electrons. The van der Waals surface area contributed by atoms with Gasteiger partial charge in [0.15, 0.2) is 17.0 Å². The van der Waals surface area contributed by atoms with Gasteiger partial charge in [-0.15, -0.1) is 0 Å². The minimum Gasteiger partial charge on any atom is -0.394 e. The summed E-state index contributed by atoms with van der Waals surface area (Å²) in [6.07, 6.45) is 3.47. The van der Waals surface area contributed by atoms with Crippen molar-refractivity contribution in [3.63, 3.8) is 0 Å². The monoisotopic (exact) mass is 646 g/mol. The summed E-state index contributed by atoms with van der Waals surface area (Å²) in [6.45, 7) is 0.0464. The molecule has 4 aromatic rings. The van der Waals surface area contributed by atoms with E-state index >= 15 is 0 Å². The summed E-state index contributed by atoms with van der Waals surface area (Å²) in [6, 6.07) is 10.8. The van der Waals surface area contributed by atoms with E-state index in [0.29, 0.717) is 54.5 Å². The van der Waals surface area contributed by atoms with E-state index in [1.54, 1.807) is 29.1 Å². The molecule has 6 atom stereocenters. The zero-order valence-electron chi connectivity index (χ0n) is 25.5. The van der Waals surface area contributed by atoms with Gasteiger partial charge in [0.1, 0.15) is 18.8 Å². The molecule has 1 aliphatic carbocycles. The average molecular weight is 647 g/mol. The number of imidazole rings is 1. The highest BCUT2D eigenvalue weighted by atomic mass is 16.3. The fourth-order valence-electron chi connectivity index (χ4n) is 6.17. The highest BCUT2D eigenvalue weighted by Crippen LogP contribution is 2.35. The molecular weight excluding hydrogens is 608 g/mol. The zero-order chi connectivity index (χ0) is 32.9. The van der Waals surface area contributed by atoms with E-state index in [0.717, 1.165) is 5.56 Å². The van der Waals surface area contributed by atoms with E-state index in [-0.39, 0.29) is 25.1 Å². The van der Waals surface area contributed by atoms with Crippen LogP contribution in [0.4, 0.5) is 22.2 Å². The first kappa shape index (κ1) is 32.1. The molecule has 8 N–H and O–H groups in total. The van der Waals surface area contributed by atoms with Crippen LogP contribution in [0.1, 0.15) is 24.4 Å². The second kappa shape index (κ2) is 14.3. The summed E-state index contributed by atoms with van der Waals surface area (Å²) in [5.41, 5.74) is 2.37. The molecule has 0 bridgehead atoms. The highest BCUT2D eigenvalue weighted by molar-refractivity contribution is 5.89. The maximum Gasteiger partial charge on any atom is 0.319 e. The number of rotatable bonds is 11. The van der Waals surface area contributed by atoms with Crippen LogP contribution in [-0.2, 0) is 11.2 Å². The fourth-order valence-corrected chi connectivity index (χ4v) is 6.17. The molecule has 2 fully saturated rings. The van der Waals surface area contributed by atoms with Crippen LogP contribution in [0.25, 0.3) is 11.2 Å². The van der Waals surface area contributed by atoms with Crippen molar-refractivity contribution in [1.29, 1.82) is 0 Å². The standard InChI is InChI=1S/C31H38N10O6/c42-15-21(11-18-5-2-1-3-6-18)34-28-25-29(41(17-33-25)23-12-22(26(45)27(23)46)37-24(44)16-43)39-30(38-28)40-10-8-20(14-40)36-31(47)35-19-7-4-9-32-13-19/h1-7,9,13,17,20-23,26-27,42-43,45-46H,8,10-12,14-16H2,(H,37,44)(H,34,38,39)(H2,35,36,47)/t20-,21+,22+,23-,26-,27+/m1/s1. The first-order valence-corrected chi connectivity index (χ1v) is 15.5. The summed E-state index contributed by atoms with van der Waals surface area (Å²) in [7, 11) is 0. The van der Waals surface area contributed by atoms with Crippen LogP contribution in [0, 0.1) is 0 Å². The number of pyridine rings is 1. The Balaban J connectivity index is 1.27. The van der Waals surface area contributed by atoms with Crippen LogP contribution < -0.4 is 26.2 Å². The molecule has 1 aliphatic heterocycles. The van der Waals surface area contributed by atoms with Gasteiger partial charge in [-0.2, -0.15) is 9.97 Å². The summed E-state index contributed by atoms with van der Waals surface area (Å²) in [4.78, 5) is 44.7. The fraction of sp³-hybridized carbons (Fsp3) is 0.419. The van der Waals surface area contributed by atoms with E-state index in [4.69, 9.17) is 9.97 Å². The van der Waals surface area contributed by atoms with Gasteiger partial charge in [-0.1, -0.05) is 30.3 Å². The molecule has 1 aromatic carbocycles. The lowest BCUT2D eigenvalue weighted by Gasteiger charge is -2.22. The van der Waals surface area contributed by atoms with E-state index < -0.39 is 42.8 Å². The summed E-state index contributed by atoms with van der Waals surface area (Å²) in [5, 5.41) is 52.8. The molecule has 4 heterocycles. The third-order valence-electron chi connectivity index (χ3n) is 8.52. The number of urea groups is 1. The molecule has 47 heavy (non-hydrogen) atoms. The third-order valence-corrected chi connectivity index (χ3v) is 8.52. The van der Waals surface area contributed by atoms with Crippen molar-refractivity contribution in [2.75, 3.05) is 41.8 Å². The van der Waals surface area contributed by atoms with Gasteiger partial charge < -0.3 is 51.2 Å². The Bertz CT molecular complexity index is 1680. The van der Waals surface area contributed by atoms with Crippen LogP contribution in [0.5, 0.6) is 0 Å². The largest absolute Gasteiger partial charge is 0.394 e. The maximum absolute atomic E-state index is 12.6. The normalized spacial score (nSPS) is 23.1. The van der Waals surface area contributed by atoms with Crippen molar-refractivity contribution in [3.8, 4) is 0 Å². The number of amides is 3. The second-order valence-electron chi connectivity index (χ2n) is 11.8. The first-order chi connectivity index (χ1) is 22.8. The van der Waals surface area contributed by atoms with Crippen molar-refractivity contribution in [2.24, 2.45) is 0 Å². The van der Waals surface area contributed by atoms with Crippen LogP contribution in [0.2, 0.25) is 0 Å². The van der Waals surface area contributed by atoms with Crippen molar-refractivity contribution in [2.45, 2.75) is 55.6 Å². The SMILES string of the molecule is O=C(CO)N[C@H]1C[C@@H](n2cnc3c(N[C@H](CO)Cc4ccccc4)nc(N4CC[C@@H](NC(=O)Nc5cccnc5)C4)nc32)[C@H](O)[C@@H]1O. The number of fused-ring (bicyclic) bond motifs is 1. The Morgan fingerprint density at radius 1 is 1.02 bits per heavy atom. The number of aliphatic hydroxyl groups excluding tert-OH is 4. The molecule has 2 aliphatic rings. The van der Waals surface area contributed by atoms with Crippen LogP contribution >= 0.6 is 0 Å². The Morgan fingerprint density at radius 2 is 1.85 bits per heavy atom. The summed E-state index contributed by atoms with van der Waals surface area (Å²) < 4.78 is 1.66. The molecule has 1 saturated carbocycles. The van der Waals surface area contributed by atoms with Gasteiger partial charge >= 0.3 is 6.03 Å². The number of hydrogen-bond acceptors (Lipinski definition) is 12. The van der Waals surface area contributed by atoms with Gasteiger partial charge in [0.25, 0.3) is 0 Å². The van der Waals surface area contributed by atoms with E-state index in [9.17, 15) is 30.0 Å². The van der Waals surface area contributed by atoms with Crippen LogP contribution in [0.3, 0.4) is 0 Å². The first-order valence-electron chi connectivity index (χ1n) is 15.5. The number of hydrogen-bond donors (Lipinski definition) is 8. The van der Waals surface area contributed by atoms with Gasteiger partial charge in [0.05, 0.1) is 42.9 Å². The van der Waals surface area contributed by atoms with Gasteiger partial charge in [-0.05, 0) is 37.0 Å². The van der Waals surface area contributed by atoms with Crippen LogP contribution in [-0.4, -0.2) is 114 Å². The Labute approximate surface area is 269 Å². The summed E-state index contributed by atoms with van der Waals surface area (Å²) >= 11 is 0. The second-order valence-corrected chi connectivity index (χ2v) is 11.8. The topological polar surface area (TPSA) is 223 Å². The number of nitrogens with one attached hydrogen (secondary N) is 4. The van der Waals surface area contributed by atoms with E-state index in [1.165, 1.54) is 6.33 Å². The minimum absolute atomic E-state index is 0.163. The van der Waals surface area contributed by atoms with Gasteiger partial charge in [0, 0.05) is 25.3 Å². The molecule has 3 amide bonds. The minimum atomic E-state index is -1.28. The van der Waals surface area contributed by atoms with E-state index in [1.807, 2.05) is 35.2 Å². The lowest BCUT2D eigenvalue weighted by atomic mass is 10.1. The van der Waals surface area contributed by atoms with Crippen LogP contribution in [0.15, 0.2) is 61.2 Å². The van der Waals surface area contributed by atoms with E-state index in [2.05, 4.69) is 31.2 Å². The van der Waals surface area contributed by atoms with Gasteiger partial charge in [-0.25, -0.2) is 9.78 Å². The molecule has 0 radical (unpaired) electrons. The lowest BCUT2D eigenvalue weighted by molar-refractivity contribution is -0.125.